The maximum atomic E-state index is 15.1. The number of aliphatic carboxylic acids is 1. The first-order valence-electron chi connectivity index (χ1n) is 35.6. The highest BCUT2D eigenvalue weighted by molar-refractivity contribution is 6.00. The van der Waals surface area contributed by atoms with E-state index in [4.69, 9.17) is 5.73 Å². The molecule has 0 aliphatic carbocycles. The van der Waals surface area contributed by atoms with Crippen molar-refractivity contribution in [1.82, 2.24) is 61.3 Å². The van der Waals surface area contributed by atoms with Crippen LogP contribution in [0.1, 0.15) is 131 Å². The Labute approximate surface area is 606 Å². The van der Waals surface area contributed by atoms with Crippen molar-refractivity contribution in [3.63, 3.8) is 0 Å². The second-order valence-electron chi connectivity index (χ2n) is 28.7. The third-order valence-corrected chi connectivity index (χ3v) is 18.5. The third kappa shape index (κ3) is 25.9. The second kappa shape index (κ2) is 41.1. The van der Waals surface area contributed by atoms with Crippen LogP contribution in [0.15, 0.2) is 91.0 Å². The summed E-state index contributed by atoms with van der Waals surface area (Å²) in [7, 11) is 6.74. The summed E-state index contributed by atoms with van der Waals surface area (Å²) < 4.78 is 0. The molecule has 10 N–H and O–H groups in total. The molecule has 3 aromatic rings. The summed E-state index contributed by atoms with van der Waals surface area (Å²) >= 11 is 0. The van der Waals surface area contributed by atoms with Gasteiger partial charge in [0.05, 0.1) is 25.1 Å². The number of likely N-dealkylation sites (tertiary alicyclic amines) is 1. The van der Waals surface area contributed by atoms with Crippen molar-refractivity contribution < 1.29 is 72.5 Å². The summed E-state index contributed by atoms with van der Waals surface area (Å²) in [5.74, 6) is -11.8. The number of hydrogen-bond acceptors (Lipinski definition) is 15. The number of hydrogen-bond donors (Lipinski definition) is 9. The van der Waals surface area contributed by atoms with Gasteiger partial charge in [-0.3, -0.25) is 62.3 Å². The molecule has 103 heavy (non-hydrogen) atoms. The van der Waals surface area contributed by atoms with Crippen LogP contribution in [-0.4, -0.2) is 244 Å². The zero-order valence-corrected chi connectivity index (χ0v) is 62.8. The number of nitrogens with two attached hydrogens (primary N) is 1. The fraction of sp³-hybridized carbons (Fsp3) is 0.587. The first-order valence-corrected chi connectivity index (χ1v) is 35.6. The summed E-state index contributed by atoms with van der Waals surface area (Å²) in [5, 5.41) is 37.4. The molecule has 0 radical (unpaired) electrons. The van der Waals surface area contributed by atoms with Gasteiger partial charge in [0.15, 0.2) is 0 Å². The molecular weight excluding hydrogens is 1320 g/mol. The van der Waals surface area contributed by atoms with Crippen molar-refractivity contribution in [3.8, 4) is 0 Å². The smallest absolute Gasteiger partial charge is 0.305 e. The van der Waals surface area contributed by atoms with Crippen LogP contribution >= 0.6 is 0 Å². The van der Waals surface area contributed by atoms with Gasteiger partial charge in [0, 0.05) is 67.6 Å². The van der Waals surface area contributed by atoms with E-state index in [1.807, 2.05) is 27.7 Å². The summed E-state index contributed by atoms with van der Waals surface area (Å²) in [6, 6.07) is 11.5. The summed E-state index contributed by atoms with van der Waals surface area (Å²) in [6.07, 6.45) is -0.0525. The maximum absolute atomic E-state index is 15.1. The Hall–Kier alpha value is -9.31. The first-order chi connectivity index (χ1) is 48.4. The Kier molecular flexibility index (Phi) is 34.4. The molecule has 0 aromatic heterocycles. The topological polar surface area (TPSA) is 380 Å². The molecule has 0 bridgehead atoms. The molecule has 1 saturated heterocycles. The lowest BCUT2D eigenvalue weighted by Gasteiger charge is -2.37. The van der Waals surface area contributed by atoms with Crippen molar-refractivity contribution in [2.75, 3.05) is 54.9 Å². The van der Waals surface area contributed by atoms with E-state index >= 15 is 4.79 Å². The zero-order chi connectivity index (χ0) is 77.3. The van der Waals surface area contributed by atoms with Crippen LogP contribution in [-0.2, 0) is 81.6 Å². The number of carboxylic acids is 1. The summed E-state index contributed by atoms with van der Waals surface area (Å²) in [6.45, 7) is 18.7. The lowest BCUT2D eigenvalue weighted by molar-refractivity contribution is -0.150. The van der Waals surface area contributed by atoms with Gasteiger partial charge in [-0.15, -0.1) is 0 Å². The largest absolute Gasteiger partial charge is 0.481 e. The Morgan fingerprint density at radius 1 is 0.447 bits per heavy atom. The average Bonchev–Trinajstić information content (AvgIpc) is 0.837. The Morgan fingerprint density at radius 3 is 1.35 bits per heavy atom. The van der Waals surface area contributed by atoms with Gasteiger partial charge < -0.3 is 77.2 Å². The number of nitrogens with one attached hydrogen (secondary N) is 6. The van der Waals surface area contributed by atoms with Gasteiger partial charge in [0.2, 0.25) is 70.9 Å². The second-order valence-corrected chi connectivity index (χ2v) is 28.7. The summed E-state index contributed by atoms with van der Waals surface area (Å²) in [5.41, 5.74) is 7.58. The minimum Gasteiger partial charge on any atom is -0.481 e. The predicted molar refractivity (Wildman–Crippen MR) is 388 cm³/mol. The van der Waals surface area contributed by atoms with Gasteiger partial charge in [-0.05, 0) is 93.2 Å². The Morgan fingerprint density at radius 2 is 0.883 bits per heavy atom. The van der Waals surface area contributed by atoms with Gasteiger partial charge in [-0.25, -0.2) is 0 Å². The molecule has 1 heterocycles. The molecule has 568 valence electrons. The van der Waals surface area contributed by atoms with E-state index in [2.05, 4.69) is 31.9 Å². The van der Waals surface area contributed by atoms with Crippen LogP contribution in [0.2, 0.25) is 0 Å². The van der Waals surface area contributed by atoms with Crippen LogP contribution in [0.3, 0.4) is 0 Å². The molecule has 0 saturated carbocycles. The van der Waals surface area contributed by atoms with Gasteiger partial charge in [-0.1, -0.05) is 146 Å². The van der Waals surface area contributed by atoms with Crippen LogP contribution in [0.5, 0.6) is 0 Å². The van der Waals surface area contributed by atoms with Gasteiger partial charge >= 0.3 is 5.97 Å². The number of aliphatic hydroxyl groups excluding tert-OH is 1. The highest BCUT2D eigenvalue weighted by Gasteiger charge is 2.43. The van der Waals surface area contributed by atoms with Gasteiger partial charge in [-0.2, -0.15) is 0 Å². The van der Waals surface area contributed by atoms with E-state index in [0.717, 1.165) is 38.9 Å². The number of carboxylic acid groups (broad SMARTS) is 1. The van der Waals surface area contributed by atoms with Crippen LogP contribution in [0, 0.1) is 23.7 Å². The van der Waals surface area contributed by atoms with Crippen molar-refractivity contribution in [3.05, 3.63) is 108 Å². The van der Waals surface area contributed by atoms with Crippen molar-refractivity contribution in [2.45, 2.75) is 207 Å². The molecule has 28 nitrogen and oxygen atoms in total. The molecular formula is C75H113N13O15. The number of amides is 12. The quantitative estimate of drug-likeness (QED) is 0.0396. The highest BCUT2D eigenvalue weighted by atomic mass is 16.4. The van der Waals surface area contributed by atoms with E-state index < -0.39 is 168 Å². The Balaban J connectivity index is 1.61. The molecule has 4 rings (SSSR count). The highest BCUT2D eigenvalue weighted by Crippen LogP contribution is 2.22. The third-order valence-electron chi connectivity index (χ3n) is 18.5. The molecule has 1 aliphatic heterocycles. The minimum absolute atomic E-state index is 0.0522. The lowest BCUT2D eigenvalue weighted by Crippen LogP contribution is -2.62. The zero-order valence-electron chi connectivity index (χ0n) is 62.8. The molecule has 28 heteroatoms. The first kappa shape index (κ1) is 86.1. The van der Waals surface area contributed by atoms with Gasteiger partial charge in [0.1, 0.15) is 60.4 Å². The fourth-order valence-electron chi connectivity index (χ4n) is 12.4. The van der Waals surface area contributed by atoms with Crippen LogP contribution < -0.4 is 37.6 Å². The number of carbonyl (C=O) groups excluding carboxylic acids is 12. The van der Waals surface area contributed by atoms with Crippen LogP contribution in [0.25, 0.3) is 0 Å². The number of carbonyl (C=O) groups is 13. The SMILES string of the molecule is CC(C)C[C@@H](C(=O)N(C)[C@H](C(=O)N[C@@H](Cc1ccccc1)C(=O)N[C@@H](CC(=O)O)C(=O)N(C)[C@@H](Cc1ccccc1)C(=O)N[C@@H](C)C(=O)N1CCCCC1)C(C)C)N(C)C(=O)CNC(=O)[C@H](Cc1ccccc1)N(C)C(=O)[C@@H](NC(=O)[C@H](CC(C)C)N(C)C(=O)[C@@H](NC(=O)[C@H](C)N)C(C)C)[C@@H](C)O. The Bertz CT molecular complexity index is 3350. The maximum Gasteiger partial charge on any atom is 0.305 e. The minimum atomic E-state index is -1.79. The standard InChI is InChI=1S/C75H113N13O15/c1-44(2)37-56(85(14)74(102)62(46(5)6)81-65(93)48(9)76)69(97)82-63(50(11)89)75(103)86(15)57(40-52-31-23-18-24-32-52)67(95)77-43-60(90)83(12)59(38-45(3)4)73(101)87(16)64(47(7)8)70(98)79-54(39-51-29-21-17-22-30-51)66(94)80-55(42-61(91)92)72(100)84(13)58(41-53-33-25-19-26-34-53)68(96)78-49(10)71(99)88-35-27-20-28-36-88/h17-19,21-26,29-34,44-50,54-59,62-64,89H,20,27-28,35-43,76H2,1-16H3,(H,77,95)(H,78,96)(H,79,98)(H,80,94)(H,81,93)(H,82,97)(H,91,92)/t48-,49-,50+,54-,55-,56-,57-,58-,59-,62-,63-,64-/m0/s1. The number of benzene rings is 3. The van der Waals surface area contributed by atoms with Crippen molar-refractivity contribution in [1.29, 1.82) is 0 Å². The van der Waals surface area contributed by atoms with Crippen molar-refractivity contribution in [2.24, 2.45) is 29.4 Å². The normalized spacial score (nSPS) is 15.8. The van der Waals surface area contributed by atoms with E-state index in [1.54, 1.807) is 131 Å². The number of likely N-dealkylation sites (N-methyl/N-ethyl adjacent to an activating group) is 5. The van der Waals surface area contributed by atoms with E-state index in [0.29, 0.717) is 29.8 Å². The fourth-order valence-corrected chi connectivity index (χ4v) is 12.4. The predicted octanol–water partition coefficient (Wildman–Crippen LogP) is 2.03. The molecule has 12 amide bonds. The molecule has 1 aliphatic rings. The number of aliphatic hydroxyl groups is 1. The summed E-state index contributed by atoms with van der Waals surface area (Å²) in [4.78, 5) is 192. The molecule has 0 spiro atoms. The van der Waals surface area contributed by atoms with Gasteiger partial charge in [0.25, 0.3) is 0 Å². The average molecular weight is 1440 g/mol. The number of piperidine rings is 1. The van der Waals surface area contributed by atoms with Crippen LogP contribution in [0.4, 0.5) is 0 Å². The monoisotopic (exact) mass is 1440 g/mol. The van der Waals surface area contributed by atoms with Crippen molar-refractivity contribution >= 4 is 76.9 Å². The van der Waals surface area contributed by atoms with E-state index in [1.165, 1.54) is 54.0 Å². The molecule has 3 aromatic carbocycles. The number of nitrogens with zero attached hydrogens (tertiary/aromatic N) is 6. The molecule has 1 fully saturated rings. The van der Waals surface area contributed by atoms with E-state index in [9.17, 15) is 67.7 Å². The number of rotatable bonds is 38. The van der Waals surface area contributed by atoms with E-state index in [-0.39, 0.29) is 49.8 Å². The lowest BCUT2D eigenvalue weighted by atomic mass is 9.96. The molecule has 12 atom stereocenters. The molecule has 0 unspecified atom stereocenters.